The molecule has 2 aromatic rings. The Bertz CT molecular complexity index is 619. The number of aryl methyl sites for hydroxylation is 1. The second kappa shape index (κ2) is 5.63. The fraction of sp³-hybridized carbons (Fsp3) is 0.400. The van der Waals surface area contributed by atoms with Gasteiger partial charge in [0.05, 0.1) is 6.61 Å². The largest absolute Gasteiger partial charge is 0.464 e. The molecule has 0 amide bonds. The number of ether oxygens (including phenoxy) is 1. The fourth-order valence-corrected chi connectivity index (χ4v) is 1.60. The molecule has 0 aliphatic rings. The van der Waals surface area contributed by atoms with Gasteiger partial charge in [0, 0.05) is 16.9 Å². The highest BCUT2D eigenvalue weighted by Crippen LogP contribution is 1.92. The molecule has 0 fully saturated rings. The van der Waals surface area contributed by atoms with E-state index in [4.69, 9.17) is 4.74 Å². The molecule has 18 heavy (non-hydrogen) atoms. The molecule has 0 spiro atoms. The van der Waals surface area contributed by atoms with E-state index in [1.54, 1.807) is 13.8 Å². The molecule has 0 saturated carbocycles. The second-order valence-corrected chi connectivity index (χ2v) is 3.59. The Morgan fingerprint density at radius 3 is 3.00 bits per heavy atom. The zero-order valence-electron chi connectivity index (χ0n) is 10.0. The van der Waals surface area contributed by atoms with Crippen LogP contribution in [0.4, 0.5) is 0 Å². The van der Waals surface area contributed by atoms with Crippen molar-refractivity contribution >= 4 is 24.0 Å². The first kappa shape index (κ1) is 14.2. The lowest BCUT2D eigenvalue weighted by Crippen LogP contribution is -2.32. The van der Waals surface area contributed by atoms with Gasteiger partial charge >= 0.3 is 11.6 Å². The molecular formula is C10H14ClN4O3+. The monoisotopic (exact) mass is 273 g/mol. The van der Waals surface area contributed by atoms with Crippen molar-refractivity contribution in [2.24, 2.45) is 0 Å². The summed E-state index contributed by atoms with van der Waals surface area (Å²) < 4.78 is 7.61. The minimum atomic E-state index is -0.418. The lowest BCUT2D eigenvalue weighted by Gasteiger charge is -1.97. The highest BCUT2D eigenvalue weighted by atomic mass is 35.5. The van der Waals surface area contributed by atoms with Gasteiger partial charge in [-0.2, -0.15) is 0 Å². The van der Waals surface area contributed by atoms with Crippen LogP contribution in [0.1, 0.15) is 12.6 Å². The van der Waals surface area contributed by atoms with Crippen molar-refractivity contribution in [2.75, 3.05) is 6.61 Å². The number of fused-ring (bicyclic) bond motifs is 1. The van der Waals surface area contributed by atoms with Crippen molar-refractivity contribution < 1.29 is 14.0 Å². The van der Waals surface area contributed by atoms with Gasteiger partial charge in [-0.3, -0.25) is 4.79 Å². The Kier molecular flexibility index (Phi) is 4.43. The van der Waals surface area contributed by atoms with Crippen molar-refractivity contribution in [2.45, 2.75) is 20.4 Å². The first-order valence-corrected chi connectivity index (χ1v) is 5.24. The molecular weight excluding hydrogens is 260 g/mol. The molecule has 0 bridgehead atoms. The van der Waals surface area contributed by atoms with Crippen LogP contribution in [-0.2, 0) is 16.1 Å². The highest BCUT2D eigenvalue weighted by Gasteiger charge is 2.19. The predicted octanol–water partition coefficient (Wildman–Crippen LogP) is -0.397. The van der Waals surface area contributed by atoms with Crippen LogP contribution in [-0.4, -0.2) is 27.5 Å². The zero-order valence-corrected chi connectivity index (χ0v) is 10.9. The minimum Gasteiger partial charge on any atom is -0.464 e. The van der Waals surface area contributed by atoms with Gasteiger partial charge in [-0.25, -0.2) is 9.89 Å². The summed E-state index contributed by atoms with van der Waals surface area (Å²) in [7, 11) is 0. The number of hydrogen-bond acceptors (Lipinski definition) is 4. The van der Waals surface area contributed by atoms with Gasteiger partial charge in [-0.15, -0.1) is 16.9 Å². The topological polar surface area (TPSA) is 81.1 Å². The summed E-state index contributed by atoms with van der Waals surface area (Å²) in [4.78, 5) is 23.1. The number of halogens is 1. The van der Waals surface area contributed by atoms with Crippen molar-refractivity contribution in [3.8, 4) is 0 Å². The Morgan fingerprint density at radius 1 is 1.61 bits per heavy atom. The summed E-state index contributed by atoms with van der Waals surface area (Å²) in [5.74, 6) is -0.418. The number of carbonyl (C=O) groups is 1. The van der Waals surface area contributed by atoms with E-state index in [1.807, 2.05) is 0 Å². The molecule has 0 aliphatic heterocycles. The minimum absolute atomic E-state index is 0. The number of H-pyrrole nitrogens is 1. The molecule has 0 aromatic carbocycles. The third kappa shape index (κ3) is 2.67. The lowest BCUT2D eigenvalue weighted by molar-refractivity contribution is -0.582. The Balaban J connectivity index is 0.00000162. The van der Waals surface area contributed by atoms with Crippen molar-refractivity contribution in [1.82, 2.24) is 14.9 Å². The molecule has 0 radical (unpaired) electrons. The van der Waals surface area contributed by atoms with Gasteiger partial charge < -0.3 is 4.74 Å². The van der Waals surface area contributed by atoms with E-state index in [2.05, 4.69) is 10.2 Å². The number of nitrogens with one attached hydrogen (secondary N) is 1. The van der Waals surface area contributed by atoms with E-state index in [0.29, 0.717) is 12.3 Å². The maximum Gasteiger partial charge on any atom is 0.344 e. The van der Waals surface area contributed by atoms with Gasteiger partial charge in [0.2, 0.25) is 6.54 Å². The first-order chi connectivity index (χ1) is 8.11. The van der Waals surface area contributed by atoms with E-state index < -0.39 is 5.97 Å². The molecule has 98 valence electrons. The predicted molar refractivity (Wildman–Crippen MR) is 64.6 cm³/mol. The molecule has 0 atom stereocenters. The summed E-state index contributed by atoms with van der Waals surface area (Å²) in [6, 6.07) is 1.46. The summed E-state index contributed by atoms with van der Waals surface area (Å²) in [6.45, 7) is 3.73. The van der Waals surface area contributed by atoms with Crippen molar-refractivity contribution in [3.63, 3.8) is 0 Å². The Hall–Kier alpha value is -1.89. The smallest absolute Gasteiger partial charge is 0.344 e. The molecule has 2 rings (SSSR count). The number of hydrogen-bond donors (Lipinski definition) is 1. The maximum atomic E-state index is 11.8. The van der Waals surface area contributed by atoms with Crippen LogP contribution in [0.5, 0.6) is 0 Å². The van der Waals surface area contributed by atoms with Crippen LogP contribution in [0.15, 0.2) is 17.2 Å². The molecule has 2 heterocycles. The van der Waals surface area contributed by atoms with Gasteiger partial charge in [0.15, 0.2) is 0 Å². The fourth-order valence-electron chi connectivity index (χ4n) is 1.60. The van der Waals surface area contributed by atoms with Crippen LogP contribution in [0.25, 0.3) is 5.65 Å². The Morgan fingerprint density at radius 2 is 2.33 bits per heavy atom. The third-order valence-electron chi connectivity index (χ3n) is 2.23. The average molecular weight is 274 g/mol. The number of nitrogens with zero attached hydrogens (tertiary/aromatic N) is 3. The van der Waals surface area contributed by atoms with E-state index in [1.165, 1.54) is 21.6 Å². The molecule has 0 saturated heterocycles. The molecule has 1 N–H and O–H groups in total. The number of esters is 1. The molecule has 0 unspecified atom stereocenters. The van der Waals surface area contributed by atoms with Crippen LogP contribution >= 0.6 is 12.4 Å². The first-order valence-electron chi connectivity index (χ1n) is 5.24. The molecule has 7 nitrogen and oxygen atoms in total. The summed E-state index contributed by atoms with van der Waals surface area (Å²) in [5.41, 5.74) is 0.842. The Labute approximate surface area is 109 Å². The summed E-state index contributed by atoms with van der Waals surface area (Å²) in [5, 5.41) is 6.90. The number of rotatable bonds is 3. The van der Waals surface area contributed by atoms with Gasteiger partial charge in [0.25, 0.3) is 11.8 Å². The van der Waals surface area contributed by atoms with Crippen LogP contribution in [0.2, 0.25) is 0 Å². The number of aromatic nitrogens is 4. The van der Waals surface area contributed by atoms with Crippen LogP contribution < -0.4 is 9.94 Å². The number of carbonyl (C=O) groups excluding carboxylic acids is 1. The highest BCUT2D eigenvalue weighted by molar-refractivity contribution is 5.85. The van der Waals surface area contributed by atoms with Crippen LogP contribution in [0.3, 0.4) is 0 Å². The van der Waals surface area contributed by atoms with Crippen molar-refractivity contribution in [3.05, 3.63) is 28.3 Å². The van der Waals surface area contributed by atoms with E-state index in [-0.39, 0.29) is 24.4 Å². The van der Waals surface area contributed by atoms with E-state index in [9.17, 15) is 9.59 Å². The second-order valence-electron chi connectivity index (χ2n) is 3.59. The van der Waals surface area contributed by atoms with Gasteiger partial charge in [0.1, 0.15) is 0 Å². The standard InChI is InChI=1S/C10H12N4O3.ClH/c1-3-17-9(16)5-13-10-8(15)4-7(2)12-14(10)6-11-13;/h4,6H,3,5H2,1-2H3;1H/p+1. The molecule has 2 aromatic heterocycles. The third-order valence-corrected chi connectivity index (χ3v) is 2.23. The average Bonchev–Trinajstić information content (AvgIpc) is 2.61. The summed E-state index contributed by atoms with van der Waals surface area (Å²) >= 11 is 0. The maximum absolute atomic E-state index is 11.8. The number of aromatic amines is 1. The van der Waals surface area contributed by atoms with Gasteiger partial charge in [-0.1, -0.05) is 4.68 Å². The van der Waals surface area contributed by atoms with Gasteiger partial charge in [-0.05, 0) is 13.8 Å². The zero-order chi connectivity index (χ0) is 12.4. The van der Waals surface area contributed by atoms with E-state index in [0.717, 1.165) is 5.69 Å². The molecule has 8 heteroatoms. The van der Waals surface area contributed by atoms with Crippen molar-refractivity contribution in [1.29, 1.82) is 0 Å². The normalized spacial score (nSPS) is 10.1. The SMILES string of the molecule is CCOC(=O)Cn1nc[n+]2[nH]c(C)cc(=O)c12.Cl. The van der Waals surface area contributed by atoms with E-state index >= 15 is 0 Å². The van der Waals surface area contributed by atoms with Crippen LogP contribution in [0, 0.1) is 6.92 Å². The molecule has 0 aliphatic carbocycles. The quantitative estimate of drug-likeness (QED) is 0.610. The lowest BCUT2D eigenvalue weighted by atomic mass is 10.4. The summed E-state index contributed by atoms with van der Waals surface area (Å²) in [6.07, 6.45) is 1.45.